The highest BCUT2D eigenvalue weighted by Gasteiger charge is 2.65. The van der Waals surface area contributed by atoms with E-state index in [1.807, 2.05) is 18.3 Å². The summed E-state index contributed by atoms with van der Waals surface area (Å²) in [6.45, 7) is 2.39. The summed E-state index contributed by atoms with van der Waals surface area (Å²) in [6.07, 6.45) is 13.8. The molecule has 3 aromatic rings. The second-order valence-electron chi connectivity index (χ2n) is 12.6. The van der Waals surface area contributed by atoms with Crippen molar-refractivity contribution in [1.82, 2.24) is 9.88 Å². The third-order valence-electron chi connectivity index (χ3n) is 10.9. The van der Waals surface area contributed by atoms with Gasteiger partial charge in [-0.05, 0) is 91.6 Å². The van der Waals surface area contributed by atoms with Crippen LogP contribution in [0.5, 0.6) is 11.5 Å². The van der Waals surface area contributed by atoms with Gasteiger partial charge >= 0.3 is 0 Å². The summed E-state index contributed by atoms with van der Waals surface area (Å²) < 4.78 is 12.8. The van der Waals surface area contributed by atoms with Crippen LogP contribution < -0.4 is 9.47 Å². The van der Waals surface area contributed by atoms with E-state index in [-0.39, 0.29) is 11.5 Å². The molecule has 1 saturated carbocycles. The van der Waals surface area contributed by atoms with Gasteiger partial charge in [-0.25, -0.2) is 0 Å². The van der Waals surface area contributed by atoms with Gasteiger partial charge in [-0.15, -0.1) is 0 Å². The molecule has 202 valence electrons. The number of halogens is 1. The van der Waals surface area contributed by atoms with Crippen LogP contribution in [0.2, 0.25) is 5.02 Å². The molecule has 39 heavy (non-hydrogen) atoms. The first-order valence-corrected chi connectivity index (χ1v) is 15.4. The van der Waals surface area contributed by atoms with Gasteiger partial charge in [-0.1, -0.05) is 61.9 Å². The smallest absolute Gasteiger partial charge is 0.166 e. The number of methoxy groups -OCH3 is 1. The summed E-state index contributed by atoms with van der Waals surface area (Å²) in [4.78, 5) is 8.00. The van der Waals surface area contributed by atoms with Crippen molar-refractivity contribution >= 4 is 11.6 Å². The zero-order valence-electron chi connectivity index (χ0n) is 22.8. The molecule has 0 unspecified atom stereocenters. The van der Waals surface area contributed by atoms with E-state index in [0.29, 0.717) is 12.0 Å². The number of hydrogen-bond donors (Lipinski definition) is 0. The quantitative estimate of drug-likeness (QED) is 0.334. The number of benzene rings is 2. The van der Waals surface area contributed by atoms with Gasteiger partial charge in [-0.2, -0.15) is 0 Å². The number of ether oxygens (including phenoxy) is 2. The van der Waals surface area contributed by atoms with E-state index in [0.717, 1.165) is 65.1 Å². The van der Waals surface area contributed by atoms with Crippen molar-refractivity contribution in [3.05, 3.63) is 76.1 Å². The Morgan fingerprint density at radius 3 is 2.69 bits per heavy atom. The lowest BCUT2D eigenvalue weighted by molar-refractivity contribution is -0.0382. The van der Waals surface area contributed by atoms with Crippen molar-refractivity contribution in [2.24, 2.45) is 11.8 Å². The van der Waals surface area contributed by atoms with Crippen molar-refractivity contribution in [1.29, 1.82) is 0 Å². The van der Waals surface area contributed by atoms with Gasteiger partial charge in [0.2, 0.25) is 0 Å². The van der Waals surface area contributed by atoms with Gasteiger partial charge in [0.25, 0.3) is 0 Å². The maximum absolute atomic E-state index is 6.96. The first-order valence-electron chi connectivity index (χ1n) is 15.0. The maximum atomic E-state index is 6.96. The number of pyridine rings is 1. The molecule has 5 heteroatoms. The third kappa shape index (κ3) is 3.63. The van der Waals surface area contributed by atoms with E-state index < -0.39 is 0 Å². The first-order chi connectivity index (χ1) is 19.2. The average molecular weight is 541 g/mol. The zero-order chi connectivity index (χ0) is 26.1. The number of rotatable bonds is 5. The zero-order valence-corrected chi connectivity index (χ0v) is 23.6. The van der Waals surface area contributed by atoms with Crippen LogP contribution in [-0.2, 0) is 18.3 Å². The number of likely N-dealkylation sites (tertiary alicyclic amines) is 1. The Labute approximate surface area is 236 Å². The minimum absolute atomic E-state index is 0.00868. The summed E-state index contributed by atoms with van der Waals surface area (Å²) >= 11 is 6.18. The fourth-order valence-electron chi connectivity index (χ4n) is 9.00. The number of piperidine rings is 1. The van der Waals surface area contributed by atoms with E-state index in [1.165, 1.54) is 61.8 Å². The molecule has 3 aliphatic carbocycles. The van der Waals surface area contributed by atoms with Crippen LogP contribution >= 0.6 is 11.6 Å². The van der Waals surface area contributed by atoms with Crippen molar-refractivity contribution in [3.63, 3.8) is 0 Å². The Bertz CT molecular complexity index is 1420. The lowest BCUT2D eigenvalue weighted by Gasteiger charge is -2.58. The minimum atomic E-state index is -0.0427. The summed E-state index contributed by atoms with van der Waals surface area (Å²) in [5.41, 5.74) is 7.70. The van der Waals surface area contributed by atoms with E-state index >= 15 is 0 Å². The summed E-state index contributed by atoms with van der Waals surface area (Å²) in [5, 5.41) is 0.761. The second kappa shape index (κ2) is 9.24. The third-order valence-corrected chi connectivity index (χ3v) is 11.1. The SMILES string of the molecule is COc1ccc2c3c1O[C@H]1c4ncc(-c5ccc(Cl)cc5)cc4C[C@H]4[C@@H](C2)N(CCC2CCCCC2)CC[C@]314. The summed E-state index contributed by atoms with van der Waals surface area (Å²) in [6, 6.07) is 15.5. The van der Waals surface area contributed by atoms with E-state index in [4.69, 9.17) is 26.1 Å². The maximum Gasteiger partial charge on any atom is 0.166 e. The molecule has 2 aromatic carbocycles. The van der Waals surface area contributed by atoms with Gasteiger partial charge in [-0.3, -0.25) is 9.88 Å². The highest BCUT2D eigenvalue weighted by atomic mass is 35.5. The van der Waals surface area contributed by atoms with Crippen molar-refractivity contribution < 1.29 is 9.47 Å². The van der Waals surface area contributed by atoms with E-state index in [9.17, 15) is 0 Å². The van der Waals surface area contributed by atoms with Crippen molar-refractivity contribution in [2.45, 2.75) is 75.3 Å². The van der Waals surface area contributed by atoms with Crippen LogP contribution in [-0.4, -0.2) is 36.1 Å². The molecule has 2 fully saturated rings. The summed E-state index contributed by atoms with van der Waals surface area (Å²) in [7, 11) is 1.77. The lowest BCUT2D eigenvalue weighted by atomic mass is 9.51. The molecule has 0 N–H and O–H groups in total. The van der Waals surface area contributed by atoms with Gasteiger partial charge in [0.1, 0.15) is 0 Å². The Morgan fingerprint density at radius 1 is 1.03 bits per heavy atom. The molecule has 1 saturated heterocycles. The topological polar surface area (TPSA) is 34.6 Å². The van der Waals surface area contributed by atoms with Gasteiger partial charge in [0, 0.05) is 33.8 Å². The predicted molar refractivity (Wildman–Crippen MR) is 155 cm³/mol. The molecular weight excluding hydrogens is 504 g/mol. The van der Waals surface area contributed by atoms with Gasteiger partial charge < -0.3 is 9.47 Å². The molecule has 3 heterocycles. The van der Waals surface area contributed by atoms with E-state index in [2.05, 4.69) is 35.2 Å². The largest absolute Gasteiger partial charge is 0.493 e. The number of nitrogens with zero attached hydrogens (tertiary/aromatic N) is 2. The van der Waals surface area contributed by atoms with Crippen LogP contribution in [0, 0.1) is 11.8 Å². The fourth-order valence-corrected chi connectivity index (χ4v) is 9.13. The first kappa shape index (κ1) is 24.3. The van der Waals surface area contributed by atoms with Crippen LogP contribution in [0.3, 0.4) is 0 Å². The Balaban J connectivity index is 1.20. The molecular formula is C34H37ClN2O2. The summed E-state index contributed by atoms with van der Waals surface area (Å²) in [5.74, 6) is 3.30. The molecule has 1 spiro atoms. The number of aromatic nitrogens is 1. The Kier molecular flexibility index (Phi) is 5.75. The Hall–Kier alpha value is -2.56. The molecule has 5 aliphatic rings. The number of hydrogen-bond acceptors (Lipinski definition) is 4. The molecule has 2 aliphatic heterocycles. The molecule has 0 radical (unpaired) electrons. The van der Waals surface area contributed by atoms with Crippen LogP contribution in [0.1, 0.15) is 73.4 Å². The normalized spacial score (nSPS) is 28.9. The van der Waals surface area contributed by atoms with Crippen LogP contribution in [0.25, 0.3) is 11.1 Å². The molecule has 4 nitrogen and oxygen atoms in total. The standard InChI is InChI=1S/C34H37ClN2O2/c1-38-29-12-9-23-19-28-27-18-24-17-25(22-7-10-26(35)11-8-22)20-36-31(24)33-34(27,30(23)32(29)39-33)14-16-37(28)15-13-21-5-3-2-4-6-21/h7-12,17,20-21,27-28,33H,2-6,13-16,18-19H2,1H3/t27-,28+,33-,34-/m0/s1. The molecule has 8 rings (SSSR count). The van der Waals surface area contributed by atoms with Crippen molar-refractivity contribution in [2.75, 3.05) is 20.2 Å². The van der Waals surface area contributed by atoms with Gasteiger partial charge in [0.05, 0.1) is 12.8 Å². The molecule has 2 bridgehead atoms. The van der Waals surface area contributed by atoms with Crippen LogP contribution in [0.15, 0.2) is 48.7 Å². The Morgan fingerprint density at radius 2 is 1.87 bits per heavy atom. The predicted octanol–water partition coefficient (Wildman–Crippen LogP) is 7.56. The second-order valence-corrected chi connectivity index (χ2v) is 13.0. The monoisotopic (exact) mass is 540 g/mol. The van der Waals surface area contributed by atoms with Gasteiger partial charge in [0.15, 0.2) is 17.6 Å². The molecule has 0 amide bonds. The van der Waals surface area contributed by atoms with Crippen molar-refractivity contribution in [3.8, 4) is 22.6 Å². The number of fused-ring (bicyclic) bond motifs is 2. The fraction of sp³-hybridized carbons (Fsp3) is 0.500. The molecule has 1 aromatic heterocycles. The minimum Gasteiger partial charge on any atom is -0.493 e. The highest BCUT2D eigenvalue weighted by Crippen LogP contribution is 2.67. The highest BCUT2D eigenvalue weighted by molar-refractivity contribution is 6.30. The van der Waals surface area contributed by atoms with E-state index in [1.54, 1.807) is 7.11 Å². The van der Waals surface area contributed by atoms with Crippen LogP contribution in [0.4, 0.5) is 0 Å². The average Bonchev–Trinajstić information content (AvgIpc) is 3.32. The molecule has 4 atom stereocenters. The lowest BCUT2D eigenvalue weighted by Crippen LogP contribution is -2.63.